The van der Waals surface area contributed by atoms with Crippen LogP contribution in [0.2, 0.25) is 0 Å². The number of isocyanates is 1. The molecule has 0 heterocycles. The number of nitrogens with zero attached hydrogens (tertiary/aromatic N) is 1. The van der Waals surface area contributed by atoms with Gasteiger partial charge in [0.15, 0.2) is 0 Å². The summed E-state index contributed by atoms with van der Waals surface area (Å²) in [5.74, 6) is 0. The molecule has 3 heteroatoms. The fourth-order valence-electron chi connectivity index (χ4n) is 0.173. The van der Waals surface area contributed by atoms with E-state index < -0.39 is 0 Å². The van der Waals surface area contributed by atoms with Gasteiger partial charge in [-0.05, 0) is 12.2 Å². The lowest BCUT2D eigenvalue weighted by atomic mass is 10.6. The van der Waals surface area contributed by atoms with Crippen molar-refractivity contribution in [1.82, 2.24) is 0 Å². The van der Waals surface area contributed by atoms with Crippen molar-refractivity contribution >= 4 is 6.08 Å². The Morgan fingerprint density at radius 1 is 1.50 bits per heavy atom. The number of allylic oxidation sites excluding steroid dienone is 2. The third kappa shape index (κ3) is 4.66. The summed E-state index contributed by atoms with van der Waals surface area (Å²) in [6.45, 7) is 0. The Hall–Kier alpha value is -1.34. The van der Waals surface area contributed by atoms with Crippen molar-refractivity contribution < 1.29 is 9.90 Å². The molecule has 42 valence electrons. The van der Waals surface area contributed by atoms with Gasteiger partial charge in [0.1, 0.15) is 0 Å². The summed E-state index contributed by atoms with van der Waals surface area (Å²) in [7, 11) is 0. The van der Waals surface area contributed by atoms with Gasteiger partial charge in [0.25, 0.3) is 0 Å². The summed E-state index contributed by atoms with van der Waals surface area (Å²) in [5, 5.41) is 7.99. The molecule has 1 N–H and O–H groups in total. The highest BCUT2D eigenvalue weighted by atomic mass is 16.2. The lowest BCUT2D eigenvalue weighted by Gasteiger charge is -1.64. The Labute approximate surface area is 46.7 Å². The third-order valence-electron chi connectivity index (χ3n) is 0.410. The van der Waals surface area contributed by atoms with Crippen LogP contribution in [0.1, 0.15) is 0 Å². The Morgan fingerprint density at radius 2 is 2.25 bits per heavy atom. The predicted molar refractivity (Wildman–Crippen MR) is 29.0 cm³/mol. The number of aliphatic hydroxyl groups excluding tert-OH is 1. The van der Waals surface area contributed by atoms with Gasteiger partial charge < -0.3 is 5.11 Å². The minimum Gasteiger partial charge on any atom is -0.516 e. The molecule has 0 aliphatic heterocycles. The van der Waals surface area contributed by atoms with E-state index in [0.717, 1.165) is 6.26 Å². The van der Waals surface area contributed by atoms with Crippen LogP contribution in [0.5, 0.6) is 0 Å². The Morgan fingerprint density at radius 3 is 2.75 bits per heavy atom. The van der Waals surface area contributed by atoms with Gasteiger partial charge in [-0.3, -0.25) is 0 Å². The lowest BCUT2D eigenvalue weighted by Crippen LogP contribution is -1.49. The van der Waals surface area contributed by atoms with E-state index in [1.165, 1.54) is 24.4 Å². The molecule has 0 saturated carbocycles. The summed E-state index contributed by atoms with van der Waals surface area (Å²) in [6, 6.07) is 0. The quantitative estimate of drug-likeness (QED) is 0.249. The molecule has 0 bridgehead atoms. The van der Waals surface area contributed by atoms with Gasteiger partial charge >= 0.3 is 0 Å². The van der Waals surface area contributed by atoms with Crippen molar-refractivity contribution in [3.8, 4) is 0 Å². The van der Waals surface area contributed by atoms with Crippen LogP contribution in [-0.4, -0.2) is 11.2 Å². The van der Waals surface area contributed by atoms with E-state index in [-0.39, 0.29) is 0 Å². The standard InChI is InChI=1S/C5H5NO2/c7-4-2-1-3-6-5-8/h1-4,7H. The molecule has 0 amide bonds. The highest BCUT2D eigenvalue weighted by molar-refractivity contribution is 5.34. The molecule has 0 aromatic heterocycles. The average molecular weight is 111 g/mol. The summed E-state index contributed by atoms with van der Waals surface area (Å²) in [5.41, 5.74) is 0. The SMILES string of the molecule is O=C=NC=CC=CO. The molecule has 0 radical (unpaired) electrons. The molecule has 0 aromatic carbocycles. The minimum atomic E-state index is 0.844. The van der Waals surface area contributed by atoms with Gasteiger partial charge in [0.05, 0.1) is 6.26 Å². The van der Waals surface area contributed by atoms with Crippen molar-refractivity contribution in [2.24, 2.45) is 4.99 Å². The van der Waals surface area contributed by atoms with E-state index in [1.54, 1.807) is 0 Å². The molecule has 3 nitrogen and oxygen atoms in total. The molecule has 0 aliphatic carbocycles. The van der Waals surface area contributed by atoms with Gasteiger partial charge in [0, 0.05) is 6.20 Å². The predicted octanol–water partition coefficient (Wildman–Crippen LogP) is 0.908. The summed E-state index contributed by atoms with van der Waals surface area (Å²) in [6.07, 6.45) is 6.11. The van der Waals surface area contributed by atoms with E-state index in [0.29, 0.717) is 0 Å². The van der Waals surface area contributed by atoms with Gasteiger partial charge in [-0.1, -0.05) is 0 Å². The Balaban J connectivity index is 3.50. The Kier molecular flexibility index (Phi) is 4.71. The second kappa shape index (κ2) is 5.66. The molecular weight excluding hydrogens is 106 g/mol. The Bertz CT molecular complexity index is 143. The molecule has 0 spiro atoms. The topological polar surface area (TPSA) is 49.7 Å². The van der Waals surface area contributed by atoms with Gasteiger partial charge in [-0.25, -0.2) is 4.79 Å². The summed E-state index contributed by atoms with van der Waals surface area (Å²) in [4.78, 5) is 12.4. The number of hydrogen-bond acceptors (Lipinski definition) is 3. The summed E-state index contributed by atoms with van der Waals surface area (Å²) >= 11 is 0. The first-order chi connectivity index (χ1) is 3.91. The van der Waals surface area contributed by atoms with Crippen molar-refractivity contribution in [2.75, 3.05) is 0 Å². The minimum absolute atomic E-state index is 0.844. The molecule has 0 atom stereocenters. The highest BCUT2D eigenvalue weighted by Gasteiger charge is 1.57. The molecular formula is C5H5NO2. The van der Waals surface area contributed by atoms with Gasteiger partial charge in [-0.15, -0.1) is 0 Å². The van der Waals surface area contributed by atoms with Crippen LogP contribution in [0.3, 0.4) is 0 Å². The van der Waals surface area contributed by atoms with Crippen LogP contribution in [0.4, 0.5) is 0 Å². The van der Waals surface area contributed by atoms with Crippen molar-refractivity contribution in [2.45, 2.75) is 0 Å². The number of carbonyl (C=O) groups excluding carboxylic acids is 1. The van der Waals surface area contributed by atoms with Crippen molar-refractivity contribution in [1.29, 1.82) is 0 Å². The number of rotatable bonds is 2. The van der Waals surface area contributed by atoms with Crippen molar-refractivity contribution in [3.63, 3.8) is 0 Å². The average Bonchev–Trinajstić information content (AvgIpc) is 1.81. The molecule has 0 unspecified atom stereocenters. The summed E-state index contributed by atoms with van der Waals surface area (Å²) < 4.78 is 0. The molecule has 0 aliphatic rings. The zero-order valence-electron chi connectivity index (χ0n) is 4.11. The van der Waals surface area contributed by atoms with E-state index in [4.69, 9.17) is 5.11 Å². The van der Waals surface area contributed by atoms with Crippen LogP contribution in [0.15, 0.2) is 29.6 Å². The second-order valence-corrected chi connectivity index (χ2v) is 0.903. The van der Waals surface area contributed by atoms with Gasteiger partial charge in [-0.2, -0.15) is 4.99 Å². The largest absolute Gasteiger partial charge is 0.516 e. The zero-order chi connectivity index (χ0) is 6.24. The second-order valence-electron chi connectivity index (χ2n) is 0.903. The zero-order valence-corrected chi connectivity index (χ0v) is 4.11. The maximum atomic E-state index is 9.34. The molecule has 0 fully saturated rings. The maximum Gasteiger partial charge on any atom is 0.239 e. The fraction of sp³-hybridized carbons (Fsp3) is 0. The first-order valence-corrected chi connectivity index (χ1v) is 1.94. The third-order valence-corrected chi connectivity index (χ3v) is 0.410. The van der Waals surface area contributed by atoms with E-state index in [2.05, 4.69) is 4.99 Å². The molecule has 8 heavy (non-hydrogen) atoms. The van der Waals surface area contributed by atoms with E-state index >= 15 is 0 Å². The molecule has 0 aromatic rings. The monoisotopic (exact) mass is 111 g/mol. The van der Waals surface area contributed by atoms with Crippen LogP contribution in [0, 0.1) is 0 Å². The first kappa shape index (κ1) is 6.66. The highest BCUT2D eigenvalue weighted by Crippen LogP contribution is 1.72. The van der Waals surface area contributed by atoms with E-state index in [9.17, 15) is 4.79 Å². The van der Waals surface area contributed by atoms with E-state index in [1.807, 2.05) is 0 Å². The number of aliphatic imine (C=N–C) groups is 1. The normalized spacial score (nSPS) is 10.0. The smallest absolute Gasteiger partial charge is 0.239 e. The van der Waals surface area contributed by atoms with Crippen LogP contribution < -0.4 is 0 Å². The van der Waals surface area contributed by atoms with Crippen LogP contribution >= 0.6 is 0 Å². The molecule has 0 saturated heterocycles. The molecule has 0 rings (SSSR count). The maximum absolute atomic E-state index is 9.34. The van der Waals surface area contributed by atoms with Gasteiger partial charge in [0.2, 0.25) is 6.08 Å². The van der Waals surface area contributed by atoms with Crippen LogP contribution in [0.25, 0.3) is 0 Å². The van der Waals surface area contributed by atoms with Crippen LogP contribution in [-0.2, 0) is 4.79 Å². The lowest BCUT2D eigenvalue weighted by molar-refractivity contribution is 0.473. The van der Waals surface area contributed by atoms with Crippen molar-refractivity contribution in [3.05, 3.63) is 24.6 Å². The first-order valence-electron chi connectivity index (χ1n) is 1.94. The number of aliphatic hydroxyl groups is 1. The fourth-order valence-corrected chi connectivity index (χ4v) is 0.173. The number of hydrogen-bond donors (Lipinski definition) is 1.